The second kappa shape index (κ2) is 13.4. The molecule has 0 amide bonds. The standard InChI is InChI=1S/C24H34N4O3.HI/c1-4-25-24(26-16-23(29)18-13-21(30-2)15-22(14-18)31-3)27-19-9-8-12-28(17-19)20-10-6-5-7-11-20;/h5-7,10-11,13-15,19,23,29H,4,8-9,12,16-17H2,1-3H3,(H2,25,26,27);1H. The Bertz CT molecular complexity index is 828. The van der Waals surface area contributed by atoms with Gasteiger partial charge in [-0.2, -0.15) is 0 Å². The number of piperidine rings is 1. The van der Waals surface area contributed by atoms with Crippen LogP contribution in [0.15, 0.2) is 53.5 Å². The molecule has 0 aromatic heterocycles. The molecule has 0 bridgehead atoms. The van der Waals surface area contributed by atoms with Gasteiger partial charge < -0.3 is 30.1 Å². The minimum absolute atomic E-state index is 0. The summed E-state index contributed by atoms with van der Waals surface area (Å²) in [6, 6.07) is 16.2. The quantitative estimate of drug-likeness (QED) is 0.263. The monoisotopic (exact) mass is 554 g/mol. The number of hydrogen-bond donors (Lipinski definition) is 3. The fourth-order valence-electron chi connectivity index (χ4n) is 3.79. The second-order valence-corrected chi connectivity index (χ2v) is 7.65. The van der Waals surface area contributed by atoms with Crippen molar-refractivity contribution in [2.45, 2.75) is 31.9 Å². The summed E-state index contributed by atoms with van der Waals surface area (Å²) in [6.45, 7) is 5.01. The average Bonchev–Trinajstić information content (AvgIpc) is 2.82. The van der Waals surface area contributed by atoms with Gasteiger partial charge in [-0.05, 0) is 49.6 Å². The van der Waals surface area contributed by atoms with Gasteiger partial charge in [-0.1, -0.05) is 18.2 Å². The predicted octanol–water partition coefficient (Wildman–Crippen LogP) is 3.58. The Morgan fingerprint density at radius 2 is 1.84 bits per heavy atom. The number of aliphatic imine (C=N–C) groups is 1. The van der Waals surface area contributed by atoms with E-state index >= 15 is 0 Å². The van der Waals surface area contributed by atoms with Gasteiger partial charge in [0.25, 0.3) is 0 Å². The number of ether oxygens (including phenoxy) is 2. The van der Waals surface area contributed by atoms with E-state index in [9.17, 15) is 5.11 Å². The molecule has 0 radical (unpaired) electrons. The van der Waals surface area contributed by atoms with Gasteiger partial charge >= 0.3 is 0 Å². The lowest BCUT2D eigenvalue weighted by Crippen LogP contribution is -2.51. The van der Waals surface area contributed by atoms with Crippen LogP contribution in [0.1, 0.15) is 31.4 Å². The van der Waals surface area contributed by atoms with Crippen molar-refractivity contribution in [1.29, 1.82) is 0 Å². The number of aliphatic hydroxyl groups is 1. The number of nitrogens with one attached hydrogen (secondary N) is 2. The fourth-order valence-corrected chi connectivity index (χ4v) is 3.79. The SMILES string of the molecule is CCNC(=NCC(O)c1cc(OC)cc(OC)c1)NC1CCCN(c2ccccc2)C1.I. The molecule has 2 unspecified atom stereocenters. The first-order valence-electron chi connectivity index (χ1n) is 10.9. The first-order chi connectivity index (χ1) is 15.1. The molecule has 2 aromatic carbocycles. The molecule has 1 saturated heterocycles. The number of halogens is 1. The molecule has 7 nitrogen and oxygen atoms in total. The minimum Gasteiger partial charge on any atom is -0.497 e. The van der Waals surface area contributed by atoms with Gasteiger partial charge in [-0.25, -0.2) is 0 Å². The molecule has 176 valence electrons. The summed E-state index contributed by atoms with van der Waals surface area (Å²) >= 11 is 0. The molecule has 3 rings (SSSR count). The van der Waals surface area contributed by atoms with Crippen LogP contribution in [0.4, 0.5) is 5.69 Å². The Balaban J connectivity index is 0.00000363. The number of guanidine groups is 1. The highest BCUT2D eigenvalue weighted by Crippen LogP contribution is 2.26. The van der Waals surface area contributed by atoms with E-state index in [2.05, 4.69) is 44.8 Å². The Kier molecular flexibility index (Phi) is 10.9. The number of para-hydroxylation sites is 1. The molecule has 8 heteroatoms. The van der Waals surface area contributed by atoms with Gasteiger partial charge in [0.15, 0.2) is 5.96 Å². The predicted molar refractivity (Wildman–Crippen MR) is 141 cm³/mol. The summed E-state index contributed by atoms with van der Waals surface area (Å²) in [4.78, 5) is 7.04. The molecule has 0 saturated carbocycles. The molecule has 0 aliphatic carbocycles. The van der Waals surface area contributed by atoms with Gasteiger partial charge in [-0.15, -0.1) is 24.0 Å². The third-order valence-corrected chi connectivity index (χ3v) is 5.41. The summed E-state index contributed by atoms with van der Waals surface area (Å²) in [7, 11) is 3.19. The lowest BCUT2D eigenvalue weighted by atomic mass is 10.0. The van der Waals surface area contributed by atoms with Crippen molar-refractivity contribution in [3.8, 4) is 11.5 Å². The zero-order valence-electron chi connectivity index (χ0n) is 19.1. The molecule has 0 spiro atoms. The van der Waals surface area contributed by atoms with Crippen LogP contribution >= 0.6 is 24.0 Å². The highest BCUT2D eigenvalue weighted by atomic mass is 127. The second-order valence-electron chi connectivity index (χ2n) is 7.65. The Morgan fingerprint density at radius 3 is 2.47 bits per heavy atom. The van der Waals surface area contributed by atoms with Crippen molar-refractivity contribution in [1.82, 2.24) is 10.6 Å². The molecule has 1 aliphatic rings. The summed E-state index contributed by atoms with van der Waals surface area (Å²) in [6.07, 6.45) is 1.45. The van der Waals surface area contributed by atoms with Gasteiger partial charge in [0.2, 0.25) is 0 Å². The minimum atomic E-state index is -0.758. The smallest absolute Gasteiger partial charge is 0.191 e. The average molecular weight is 554 g/mol. The maximum atomic E-state index is 10.7. The fraction of sp³-hybridized carbons (Fsp3) is 0.458. The zero-order valence-corrected chi connectivity index (χ0v) is 21.4. The van der Waals surface area contributed by atoms with Crippen molar-refractivity contribution >= 4 is 35.6 Å². The van der Waals surface area contributed by atoms with E-state index in [1.807, 2.05) is 25.1 Å². The zero-order chi connectivity index (χ0) is 22.1. The van der Waals surface area contributed by atoms with Crippen LogP contribution in [0.25, 0.3) is 0 Å². The molecule has 1 aliphatic heterocycles. The summed E-state index contributed by atoms with van der Waals surface area (Å²) < 4.78 is 10.6. The molecule has 2 aromatic rings. The van der Waals surface area contributed by atoms with E-state index in [0.717, 1.165) is 38.4 Å². The maximum absolute atomic E-state index is 10.7. The first kappa shape index (κ1) is 26.1. The van der Waals surface area contributed by atoms with Crippen LogP contribution < -0.4 is 25.0 Å². The molecule has 2 atom stereocenters. The first-order valence-corrected chi connectivity index (χ1v) is 10.9. The molecule has 1 fully saturated rings. The topological polar surface area (TPSA) is 78.4 Å². The normalized spacial score (nSPS) is 17.2. The van der Waals surface area contributed by atoms with E-state index in [-0.39, 0.29) is 30.5 Å². The summed E-state index contributed by atoms with van der Waals surface area (Å²) in [5.74, 6) is 2.01. The van der Waals surface area contributed by atoms with Gasteiger partial charge in [0.1, 0.15) is 11.5 Å². The highest BCUT2D eigenvalue weighted by molar-refractivity contribution is 14.0. The van der Waals surface area contributed by atoms with Crippen LogP contribution in [0, 0.1) is 0 Å². The molecule has 1 heterocycles. The third-order valence-electron chi connectivity index (χ3n) is 5.41. The van der Waals surface area contributed by atoms with Crippen LogP contribution in [-0.2, 0) is 0 Å². The Hall–Kier alpha value is -2.20. The van der Waals surface area contributed by atoms with E-state index in [1.165, 1.54) is 5.69 Å². The molecule has 32 heavy (non-hydrogen) atoms. The molecular formula is C24H35IN4O3. The van der Waals surface area contributed by atoms with E-state index in [4.69, 9.17) is 9.47 Å². The lowest BCUT2D eigenvalue weighted by molar-refractivity contribution is 0.186. The van der Waals surface area contributed by atoms with Crippen molar-refractivity contribution in [2.75, 3.05) is 45.3 Å². The highest BCUT2D eigenvalue weighted by Gasteiger charge is 2.21. The summed E-state index contributed by atoms with van der Waals surface area (Å²) in [5.41, 5.74) is 1.96. The van der Waals surface area contributed by atoms with E-state index in [1.54, 1.807) is 20.3 Å². The number of methoxy groups -OCH3 is 2. The molecular weight excluding hydrogens is 519 g/mol. The van der Waals surface area contributed by atoms with Gasteiger partial charge in [0.05, 0.1) is 26.9 Å². The number of hydrogen-bond acceptors (Lipinski definition) is 5. The number of rotatable bonds is 8. The third kappa shape index (κ3) is 7.44. The largest absolute Gasteiger partial charge is 0.497 e. The maximum Gasteiger partial charge on any atom is 0.191 e. The van der Waals surface area contributed by atoms with Crippen molar-refractivity contribution in [3.63, 3.8) is 0 Å². The van der Waals surface area contributed by atoms with E-state index < -0.39 is 6.10 Å². The Labute approximate surface area is 208 Å². The van der Waals surface area contributed by atoms with Crippen molar-refractivity contribution < 1.29 is 14.6 Å². The number of aliphatic hydroxyl groups excluding tert-OH is 1. The summed E-state index contributed by atoms with van der Waals surface area (Å²) in [5, 5.41) is 17.5. The van der Waals surface area contributed by atoms with Crippen LogP contribution in [0.5, 0.6) is 11.5 Å². The van der Waals surface area contributed by atoms with Gasteiger partial charge in [0, 0.05) is 37.4 Å². The number of anilines is 1. The lowest BCUT2D eigenvalue weighted by Gasteiger charge is -2.35. The van der Waals surface area contributed by atoms with Gasteiger partial charge in [-0.3, -0.25) is 4.99 Å². The van der Waals surface area contributed by atoms with Crippen LogP contribution in [0.3, 0.4) is 0 Å². The van der Waals surface area contributed by atoms with Crippen LogP contribution in [-0.4, -0.2) is 57.5 Å². The van der Waals surface area contributed by atoms with E-state index in [0.29, 0.717) is 23.1 Å². The van der Waals surface area contributed by atoms with Crippen molar-refractivity contribution in [2.24, 2.45) is 4.99 Å². The van der Waals surface area contributed by atoms with Crippen LogP contribution in [0.2, 0.25) is 0 Å². The Morgan fingerprint density at radius 1 is 1.16 bits per heavy atom. The molecule has 3 N–H and O–H groups in total. The van der Waals surface area contributed by atoms with Crippen molar-refractivity contribution in [3.05, 3.63) is 54.1 Å². The number of benzene rings is 2. The number of nitrogens with zero attached hydrogens (tertiary/aromatic N) is 2.